The van der Waals surface area contributed by atoms with Gasteiger partial charge in [0, 0.05) is 31.4 Å². The number of nitrogens with zero attached hydrogens (tertiary/aromatic N) is 4. The summed E-state index contributed by atoms with van der Waals surface area (Å²) in [5.41, 5.74) is 1.09. The van der Waals surface area contributed by atoms with Crippen molar-refractivity contribution in [1.29, 1.82) is 0 Å². The normalized spacial score (nSPS) is 10.4. The van der Waals surface area contributed by atoms with Crippen molar-refractivity contribution >= 4 is 17.5 Å². The van der Waals surface area contributed by atoms with Crippen LogP contribution in [-0.4, -0.2) is 30.8 Å². The van der Waals surface area contributed by atoms with Gasteiger partial charge >= 0.3 is 11.7 Å². The van der Waals surface area contributed by atoms with Crippen LogP contribution in [0.1, 0.15) is 21.7 Å². The lowest BCUT2D eigenvalue weighted by molar-refractivity contribution is -0.384. The maximum absolute atomic E-state index is 10.9. The summed E-state index contributed by atoms with van der Waals surface area (Å²) in [6.45, 7) is 2.07. The predicted molar refractivity (Wildman–Crippen MR) is 73.1 cm³/mol. The highest BCUT2D eigenvalue weighted by Gasteiger charge is 2.18. The van der Waals surface area contributed by atoms with Gasteiger partial charge in [0.25, 0.3) is 0 Å². The van der Waals surface area contributed by atoms with Crippen LogP contribution in [0.3, 0.4) is 0 Å². The van der Waals surface area contributed by atoms with E-state index in [2.05, 4.69) is 15.4 Å². The van der Waals surface area contributed by atoms with Gasteiger partial charge in [-0.2, -0.15) is 5.10 Å². The molecule has 0 radical (unpaired) electrons. The van der Waals surface area contributed by atoms with Crippen LogP contribution in [0.2, 0.25) is 0 Å². The number of aryl methyl sites for hydroxylation is 2. The molecule has 9 nitrogen and oxygen atoms in total. The highest BCUT2D eigenvalue weighted by Crippen LogP contribution is 2.23. The van der Waals surface area contributed by atoms with Crippen molar-refractivity contribution in [2.24, 2.45) is 7.05 Å². The maximum Gasteiger partial charge on any atom is 0.354 e. The Balaban J connectivity index is 2.28. The summed E-state index contributed by atoms with van der Waals surface area (Å²) < 4.78 is 1.63. The molecule has 110 valence electrons. The molecule has 2 N–H and O–H groups in total. The van der Waals surface area contributed by atoms with Gasteiger partial charge in [0.1, 0.15) is 0 Å². The minimum Gasteiger partial charge on any atom is -0.477 e. The molecule has 9 heteroatoms. The first-order valence-electron chi connectivity index (χ1n) is 6.00. The zero-order valence-corrected chi connectivity index (χ0v) is 11.4. The van der Waals surface area contributed by atoms with E-state index >= 15 is 0 Å². The van der Waals surface area contributed by atoms with E-state index in [1.807, 2.05) is 6.92 Å². The second-order valence-corrected chi connectivity index (χ2v) is 4.39. The number of pyridine rings is 1. The molecule has 2 aromatic rings. The molecule has 0 saturated heterocycles. The highest BCUT2D eigenvalue weighted by atomic mass is 16.6. The fraction of sp³-hybridized carbons (Fsp3) is 0.250. The number of nitrogens with one attached hydrogen (secondary N) is 1. The smallest absolute Gasteiger partial charge is 0.354 e. The number of aromatic carboxylic acids is 1. The Labute approximate surface area is 119 Å². The molecule has 2 aromatic heterocycles. The SMILES string of the molecule is Cc1nn(C)cc1CNc1nc(C(=O)O)ccc1[N+](=O)[O-]. The second kappa shape index (κ2) is 5.57. The maximum atomic E-state index is 10.9. The number of carbonyl (C=O) groups is 1. The zero-order chi connectivity index (χ0) is 15.6. The van der Waals surface area contributed by atoms with E-state index in [9.17, 15) is 14.9 Å². The molecule has 0 saturated carbocycles. The van der Waals surface area contributed by atoms with Crippen molar-refractivity contribution in [3.8, 4) is 0 Å². The second-order valence-electron chi connectivity index (χ2n) is 4.39. The summed E-state index contributed by atoms with van der Waals surface area (Å²) >= 11 is 0. The van der Waals surface area contributed by atoms with Crippen LogP contribution in [-0.2, 0) is 13.6 Å². The molecule has 0 aromatic carbocycles. The molecular formula is C12H13N5O4. The number of nitro groups is 1. The quantitative estimate of drug-likeness (QED) is 0.629. The van der Waals surface area contributed by atoms with E-state index in [0.717, 1.165) is 23.4 Å². The van der Waals surface area contributed by atoms with E-state index in [0.29, 0.717) is 0 Å². The van der Waals surface area contributed by atoms with Gasteiger partial charge in [0.05, 0.1) is 10.6 Å². The summed E-state index contributed by atoms with van der Waals surface area (Å²) in [5.74, 6) is -1.33. The monoisotopic (exact) mass is 291 g/mol. The van der Waals surface area contributed by atoms with Gasteiger partial charge in [-0.1, -0.05) is 0 Å². The van der Waals surface area contributed by atoms with Crippen molar-refractivity contribution < 1.29 is 14.8 Å². The van der Waals surface area contributed by atoms with Crippen LogP contribution in [0.25, 0.3) is 0 Å². The summed E-state index contributed by atoms with van der Waals surface area (Å²) in [7, 11) is 1.77. The number of hydrogen-bond donors (Lipinski definition) is 2. The molecule has 0 spiro atoms. The molecule has 0 amide bonds. The zero-order valence-electron chi connectivity index (χ0n) is 11.4. The molecule has 2 rings (SSSR count). The first-order chi connectivity index (χ1) is 9.88. The number of hydrogen-bond acceptors (Lipinski definition) is 6. The Morgan fingerprint density at radius 3 is 2.76 bits per heavy atom. The minimum absolute atomic E-state index is 0.0804. The number of carboxylic acids is 1. The van der Waals surface area contributed by atoms with Crippen molar-refractivity contribution in [2.75, 3.05) is 5.32 Å². The minimum atomic E-state index is -1.24. The van der Waals surface area contributed by atoms with Gasteiger partial charge < -0.3 is 10.4 Å². The summed E-state index contributed by atoms with van der Waals surface area (Å²) in [4.78, 5) is 25.0. The molecule has 0 aliphatic rings. The Kier molecular flexibility index (Phi) is 3.83. The number of rotatable bonds is 5. The van der Waals surface area contributed by atoms with Crippen LogP contribution in [0.4, 0.5) is 11.5 Å². The molecule has 0 bridgehead atoms. The third-order valence-corrected chi connectivity index (χ3v) is 2.85. The van der Waals surface area contributed by atoms with Crippen molar-refractivity contribution in [3.05, 3.63) is 45.4 Å². The average Bonchev–Trinajstić information content (AvgIpc) is 2.74. The van der Waals surface area contributed by atoms with Crippen LogP contribution >= 0.6 is 0 Å². The number of aromatic nitrogens is 3. The molecule has 0 unspecified atom stereocenters. The third-order valence-electron chi connectivity index (χ3n) is 2.85. The van der Waals surface area contributed by atoms with Crippen molar-refractivity contribution in [2.45, 2.75) is 13.5 Å². The fourth-order valence-electron chi connectivity index (χ4n) is 1.85. The van der Waals surface area contributed by atoms with E-state index in [1.165, 1.54) is 0 Å². The largest absolute Gasteiger partial charge is 0.477 e. The van der Waals surface area contributed by atoms with Crippen LogP contribution in [0.15, 0.2) is 18.3 Å². The Morgan fingerprint density at radius 2 is 2.24 bits per heavy atom. The Hall–Kier alpha value is -2.97. The Bertz CT molecular complexity index is 710. The lowest BCUT2D eigenvalue weighted by Crippen LogP contribution is -2.09. The van der Waals surface area contributed by atoms with E-state index < -0.39 is 10.9 Å². The molecule has 0 fully saturated rings. The highest BCUT2D eigenvalue weighted by molar-refractivity contribution is 5.86. The summed E-state index contributed by atoms with van der Waals surface area (Å²) in [6, 6.07) is 2.22. The first kappa shape index (κ1) is 14.4. The van der Waals surface area contributed by atoms with Gasteiger partial charge in [-0.25, -0.2) is 9.78 Å². The van der Waals surface area contributed by atoms with Gasteiger partial charge in [-0.05, 0) is 13.0 Å². The molecular weight excluding hydrogens is 278 g/mol. The van der Waals surface area contributed by atoms with E-state index in [1.54, 1.807) is 17.9 Å². The van der Waals surface area contributed by atoms with Gasteiger partial charge in [-0.15, -0.1) is 0 Å². The molecule has 2 heterocycles. The van der Waals surface area contributed by atoms with Crippen LogP contribution < -0.4 is 5.32 Å². The van der Waals surface area contributed by atoms with Crippen molar-refractivity contribution in [3.63, 3.8) is 0 Å². The summed E-state index contributed by atoms with van der Waals surface area (Å²) in [6.07, 6.45) is 1.77. The van der Waals surface area contributed by atoms with Crippen molar-refractivity contribution in [1.82, 2.24) is 14.8 Å². The fourth-order valence-corrected chi connectivity index (χ4v) is 1.85. The van der Waals surface area contributed by atoms with Gasteiger partial charge in [0.15, 0.2) is 5.69 Å². The third kappa shape index (κ3) is 3.14. The number of anilines is 1. The van der Waals surface area contributed by atoms with E-state index in [4.69, 9.17) is 5.11 Å². The van der Waals surface area contributed by atoms with E-state index in [-0.39, 0.29) is 23.7 Å². The van der Waals surface area contributed by atoms with Crippen LogP contribution in [0.5, 0.6) is 0 Å². The molecule has 0 atom stereocenters. The standard InChI is InChI=1S/C12H13N5O4/c1-7-8(6-16(2)15-7)5-13-11-10(17(20)21)4-3-9(14-11)12(18)19/h3-4,6H,5H2,1-2H3,(H,13,14)(H,18,19). The van der Waals surface area contributed by atoms with Gasteiger partial charge in [-0.3, -0.25) is 14.8 Å². The molecule has 0 aliphatic carbocycles. The predicted octanol–water partition coefficient (Wildman–Crippen LogP) is 1.34. The molecule has 21 heavy (non-hydrogen) atoms. The topological polar surface area (TPSA) is 123 Å². The van der Waals surface area contributed by atoms with Gasteiger partial charge in [0.2, 0.25) is 5.82 Å². The molecule has 0 aliphatic heterocycles. The summed E-state index contributed by atoms with van der Waals surface area (Å²) in [5, 5.41) is 26.8. The first-order valence-corrected chi connectivity index (χ1v) is 6.00. The Morgan fingerprint density at radius 1 is 1.52 bits per heavy atom. The lowest BCUT2D eigenvalue weighted by atomic mass is 10.2. The number of carboxylic acid groups (broad SMARTS) is 1. The van der Waals surface area contributed by atoms with Crippen LogP contribution in [0, 0.1) is 17.0 Å². The average molecular weight is 291 g/mol. The lowest BCUT2D eigenvalue weighted by Gasteiger charge is -2.06.